The van der Waals surface area contributed by atoms with Crippen LogP contribution >= 0.6 is 0 Å². The van der Waals surface area contributed by atoms with Crippen LogP contribution in [0.15, 0.2) is 24.4 Å². The zero-order valence-electron chi connectivity index (χ0n) is 15.8. The molecule has 146 valence electrons. The normalized spacial score (nSPS) is 16.2. The van der Waals surface area contributed by atoms with Crippen molar-refractivity contribution in [2.75, 3.05) is 13.1 Å². The van der Waals surface area contributed by atoms with Crippen molar-refractivity contribution in [3.8, 4) is 17.7 Å². The van der Waals surface area contributed by atoms with E-state index in [1.165, 1.54) is 0 Å². The summed E-state index contributed by atoms with van der Waals surface area (Å²) in [7, 11) is 0. The number of nitrogens with zero attached hydrogens (tertiary/aromatic N) is 3. The number of hydrogen-bond donors (Lipinski definition) is 1. The summed E-state index contributed by atoms with van der Waals surface area (Å²) < 4.78 is 11.8. The molecule has 3 rings (SSSR count). The summed E-state index contributed by atoms with van der Waals surface area (Å²) in [5.74, 6) is 0.0178. The highest BCUT2D eigenvalue weighted by Gasteiger charge is 2.28. The zero-order valence-corrected chi connectivity index (χ0v) is 15.8. The van der Waals surface area contributed by atoms with Crippen LogP contribution in [0.5, 0.6) is 11.6 Å². The van der Waals surface area contributed by atoms with Gasteiger partial charge in [-0.25, -0.2) is 4.98 Å². The van der Waals surface area contributed by atoms with Gasteiger partial charge in [0.25, 0.3) is 5.91 Å². The van der Waals surface area contributed by atoms with Crippen molar-refractivity contribution >= 4 is 22.6 Å². The Balaban J connectivity index is 1.89. The van der Waals surface area contributed by atoms with Crippen molar-refractivity contribution in [2.45, 2.75) is 38.9 Å². The zero-order chi connectivity index (χ0) is 20.3. The summed E-state index contributed by atoms with van der Waals surface area (Å²) >= 11 is 0. The third-order valence-corrected chi connectivity index (χ3v) is 4.46. The predicted octanol–water partition coefficient (Wildman–Crippen LogP) is 2.01. The van der Waals surface area contributed by atoms with Crippen LogP contribution in [0, 0.1) is 11.3 Å². The molecule has 8 nitrogen and oxygen atoms in total. The van der Waals surface area contributed by atoms with Crippen molar-refractivity contribution < 1.29 is 19.1 Å². The molecule has 0 bridgehead atoms. The molecule has 0 saturated carbocycles. The number of aromatic nitrogens is 1. The molecular weight excluding hydrogens is 360 g/mol. The van der Waals surface area contributed by atoms with Gasteiger partial charge in [-0.15, -0.1) is 0 Å². The Kier molecular flexibility index (Phi) is 5.64. The molecular formula is C20H22N4O4. The molecule has 2 aromatic rings. The first-order valence-electron chi connectivity index (χ1n) is 9.09. The second-order valence-electron chi connectivity index (χ2n) is 6.92. The quantitative estimate of drug-likeness (QED) is 0.816. The second-order valence-corrected chi connectivity index (χ2v) is 6.92. The SMILES string of the molecule is CC(C)Oc1cc2c(O[C@@H]3CCN(C(=O)CC#N)C3)nccc2cc1C(N)=O. The van der Waals surface area contributed by atoms with E-state index in [1.54, 1.807) is 29.3 Å². The van der Waals surface area contributed by atoms with E-state index >= 15 is 0 Å². The minimum atomic E-state index is -0.570. The molecule has 2 N–H and O–H groups in total. The number of fused-ring (bicyclic) bond motifs is 1. The Hall–Kier alpha value is -3.34. The van der Waals surface area contributed by atoms with Gasteiger partial charge in [0.05, 0.1) is 24.3 Å². The van der Waals surface area contributed by atoms with Gasteiger partial charge in [0.2, 0.25) is 11.8 Å². The van der Waals surface area contributed by atoms with E-state index in [9.17, 15) is 9.59 Å². The Morgan fingerprint density at radius 2 is 2.21 bits per heavy atom. The van der Waals surface area contributed by atoms with Crippen molar-refractivity contribution in [1.29, 1.82) is 5.26 Å². The fourth-order valence-corrected chi connectivity index (χ4v) is 3.20. The first-order valence-corrected chi connectivity index (χ1v) is 9.09. The van der Waals surface area contributed by atoms with Crippen LogP contribution in [0.3, 0.4) is 0 Å². The van der Waals surface area contributed by atoms with E-state index in [1.807, 2.05) is 19.9 Å². The van der Waals surface area contributed by atoms with Gasteiger partial charge < -0.3 is 20.1 Å². The fourth-order valence-electron chi connectivity index (χ4n) is 3.20. The Morgan fingerprint density at radius 1 is 1.43 bits per heavy atom. The van der Waals surface area contributed by atoms with Gasteiger partial charge in [0.1, 0.15) is 18.3 Å². The number of nitriles is 1. The second kappa shape index (κ2) is 8.13. The average Bonchev–Trinajstić information content (AvgIpc) is 3.10. The van der Waals surface area contributed by atoms with Crippen LogP contribution in [0.1, 0.15) is 37.0 Å². The molecule has 1 aromatic carbocycles. The smallest absolute Gasteiger partial charge is 0.252 e. The largest absolute Gasteiger partial charge is 0.490 e. The number of benzene rings is 1. The lowest BCUT2D eigenvalue weighted by Crippen LogP contribution is -2.30. The van der Waals surface area contributed by atoms with E-state index in [4.69, 9.17) is 20.5 Å². The number of amides is 2. The van der Waals surface area contributed by atoms with Gasteiger partial charge in [0, 0.05) is 24.5 Å². The maximum Gasteiger partial charge on any atom is 0.252 e. The molecule has 0 spiro atoms. The number of primary amides is 1. The number of carbonyl (C=O) groups is 2. The molecule has 8 heteroatoms. The highest BCUT2D eigenvalue weighted by atomic mass is 16.5. The Bertz CT molecular complexity index is 951. The molecule has 1 aromatic heterocycles. The number of nitrogens with two attached hydrogens (primary N) is 1. The summed E-state index contributed by atoms with van der Waals surface area (Å²) in [4.78, 5) is 29.6. The van der Waals surface area contributed by atoms with Crippen molar-refractivity contribution in [2.24, 2.45) is 5.73 Å². The van der Waals surface area contributed by atoms with Crippen LogP contribution < -0.4 is 15.2 Å². The summed E-state index contributed by atoms with van der Waals surface area (Å²) in [5.41, 5.74) is 5.79. The molecule has 0 unspecified atom stereocenters. The van der Waals surface area contributed by atoms with Crippen molar-refractivity contribution in [1.82, 2.24) is 9.88 Å². The third kappa shape index (κ3) is 4.14. The fraction of sp³-hybridized carbons (Fsp3) is 0.400. The van der Waals surface area contributed by atoms with E-state index in [-0.39, 0.29) is 24.5 Å². The molecule has 1 aliphatic heterocycles. The number of rotatable bonds is 6. The molecule has 28 heavy (non-hydrogen) atoms. The van der Waals surface area contributed by atoms with Gasteiger partial charge in [-0.2, -0.15) is 5.26 Å². The minimum absolute atomic E-state index is 0.133. The molecule has 1 atom stereocenters. The molecule has 2 heterocycles. The number of ether oxygens (including phenoxy) is 2. The maximum atomic E-state index is 11.9. The van der Waals surface area contributed by atoms with Gasteiger partial charge in [0.15, 0.2) is 0 Å². The average molecular weight is 382 g/mol. The first-order chi connectivity index (χ1) is 13.4. The number of pyridine rings is 1. The molecule has 0 aliphatic carbocycles. The number of likely N-dealkylation sites (tertiary alicyclic amines) is 1. The predicted molar refractivity (Wildman–Crippen MR) is 102 cm³/mol. The van der Waals surface area contributed by atoms with Crippen LogP contribution in [0.25, 0.3) is 10.8 Å². The maximum absolute atomic E-state index is 11.9. The molecule has 1 fully saturated rings. The van der Waals surface area contributed by atoms with E-state index in [0.29, 0.717) is 42.1 Å². The Labute approximate surface area is 162 Å². The molecule has 1 aliphatic rings. The first kappa shape index (κ1) is 19.4. The molecule has 1 saturated heterocycles. The highest BCUT2D eigenvalue weighted by Crippen LogP contribution is 2.32. The van der Waals surface area contributed by atoms with Crippen molar-refractivity contribution in [3.63, 3.8) is 0 Å². The van der Waals surface area contributed by atoms with Gasteiger partial charge in [-0.1, -0.05) is 0 Å². The van der Waals surface area contributed by atoms with Gasteiger partial charge >= 0.3 is 0 Å². The summed E-state index contributed by atoms with van der Waals surface area (Å²) in [6.07, 6.45) is 1.77. The topological polar surface area (TPSA) is 119 Å². The van der Waals surface area contributed by atoms with Gasteiger partial charge in [-0.3, -0.25) is 9.59 Å². The third-order valence-electron chi connectivity index (χ3n) is 4.46. The summed E-state index contributed by atoms with van der Waals surface area (Å²) in [6.45, 7) is 4.68. The van der Waals surface area contributed by atoms with Crippen LogP contribution in [-0.4, -0.2) is 47.0 Å². The van der Waals surface area contributed by atoms with Gasteiger partial charge in [-0.05, 0) is 37.4 Å². The monoisotopic (exact) mass is 382 g/mol. The van der Waals surface area contributed by atoms with Crippen LogP contribution in [-0.2, 0) is 4.79 Å². The molecule has 2 amide bonds. The molecule has 0 radical (unpaired) electrons. The lowest BCUT2D eigenvalue weighted by molar-refractivity contribution is -0.129. The standard InChI is InChI=1S/C20H22N4O4/c1-12(2)27-17-10-15-13(9-16(17)19(22)26)4-7-23-20(15)28-14-5-8-24(11-14)18(25)3-6-21/h4,7,9-10,12,14H,3,5,8,11H2,1-2H3,(H2,22,26)/t14-/m1/s1. The minimum Gasteiger partial charge on any atom is -0.490 e. The lowest BCUT2D eigenvalue weighted by atomic mass is 10.1. The number of hydrogen-bond acceptors (Lipinski definition) is 6. The number of carbonyl (C=O) groups excluding carboxylic acids is 2. The van der Waals surface area contributed by atoms with Crippen LogP contribution in [0.2, 0.25) is 0 Å². The lowest BCUT2D eigenvalue weighted by Gasteiger charge is -2.18. The van der Waals surface area contributed by atoms with Crippen LogP contribution in [0.4, 0.5) is 0 Å². The highest BCUT2D eigenvalue weighted by molar-refractivity contribution is 6.01. The van der Waals surface area contributed by atoms with E-state index < -0.39 is 5.91 Å². The van der Waals surface area contributed by atoms with E-state index in [0.717, 1.165) is 5.39 Å². The summed E-state index contributed by atoms with van der Waals surface area (Å²) in [6, 6.07) is 7.02. The summed E-state index contributed by atoms with van der Waals surface area (Å²) in [5, 5.41) is 10.1. The van der Waals surface area contributed by atoms with E-state index in [2.05, 4.69) is 4.98 Å². The Morgan fingerprint density at radius 3 is 2.89 bits per heavy atom. The van der Waals surface area contributed by atoms with Crippen molar-refractivity contribution in [3.05, 3.63) is 30.0 Å².